The Labute approximate surface area is 129 Å². The Bertz CT molecular complexity index is 716. The van der Waals surface area contributed by atoms with Crippen LogP contribution in [0.5, 0.6) is 0 Å². The summed E-state index contributed by atoms with van der Waals surface area (Å²) in [6, 6.07) is 6.98. The molecule has 0 unspecified atom stereocenters. The van der Waals surface area contributed by atoms with Gasteiger partial charge in [-0.1, -0.05) is 32.9 Å². The lowest BCUT2D eigenvalue weighted by atomic mass is 9.97. The van der Waals surface area contributed by atoms with Crippen molar-refractivity contribution >= 4 is 16.9 Å². The zero-order valence-electron chi connectivity index (χ0n) is 13.2. The number of nitrogens with zero attached hydrogens (tertiary/aromatic N) is 1. The molecular formula is C16H22N4O2. The minimum atomic E-state index is -0.210. The number of urea groups is 1. The van der Waals surface area contributed by atoms with Gasteiger partial charge >= 0.3 is 6.03 Å². The molecule has 0 atom stereocenters. The smallest absolute Gasteiger partial charge is 0.314 e. The van der Waals surface area contributed by atoms with Crippen molar-refractivity contribution in [2.24, 2.45) is 5.41 Å². The first-order valence-corrected chi connectivity index (χ1v) is 7.35. The largest absolute Gasteiger partial charge is 0.338 e. The first kappa shape index (κ1) is 16.0. The number of aromatic nitrogens is 2. The normalized spacial score (nSPS) is 11.4. The van der Waals surface area contributed by atoms with Gasteiger partial charge in [0.1, 0.15) is 5.82 Å². The van der Waals surface area contributed by atoms with E-state index in [9.17, 15) is 9.59 Å². The van der Waals surface area contributed by atoms with Crippen molar-refractivity contribution in [1.29, 1.82) is 0 Å². The van der Waals surface area contributed by atoms with Crippen LogP contribution in [0.3, 0.4) is 0 Å². The minimum absolute atomic E-state index is 0.0441. The van der Waals surface area contributed by atoms with Crippen LogP contribution < -0.4 is 16.2 Å². The Morgan fingerprint density at radius 3 is 2.68 bits per heavy atom. The summed E-state index contributed by atoms with van der Waals surface area (Å²) in [6.45, 7) is 7.17. The van der Waals surface area contributed by atoms with Crippen LogP contribution in [0.1, 0.15) is 26.6 Å². The lowest BCUT2D eigenvalue weighted by molar-refractivity contribution is 0.235. The second-order valence-electron chi connectivity index (χ2n) is 6.45. The van der Waals surface area contributed by atoms with Crippen molar-refractivity contribution in [3.05, 3.63) is 40.4 Å². The Kier molecular flexibility index (Phi) is 4.80. The molecule has 2 aromatic rings. The summed E-state index contributed by atoms with van der Waals surface area (Å²) in [5.41, 5.74) is 0.555. The molecule has 1 aromatic heterocycles. The number of amides is 2. The molecule has 6 nitrogen and oxygen atoms in total. The van der Waals surface area contributed by atoms with E-state index >= 15 is 0 Å². The molecule has 22 heavy (non-hydrogen) atoms. The molecule has 6 heteroatoms. The maximum Gasteiger partial charge on any atom is 0.314 e. The van der Waals surface area contributed by atoms with E-state index in [0.717, 1.165) is 0 Å². The van der Waals surface area contributed by atoms with Crippen molar-refractivity contribution in [2.75, 3.05) is 13.1 Å². The molecule has 2 amide bonds. The monoisotopic (exact) mass is 302 g/mol. The predicted octanol–water partition coefficient (Wildman–Crippen LogP) is 1.81. The maximum absolute atomic E-state index is 11.9. The number of hydrogen-bond acceptors (Lipinski definition) is 3. The van der Waals surface area contributed by atoms with Crippen molar-refractivity contribution in [2.45, 2.75) is 27.2 Å². The average Bonchev–Trinajstić information content (AvgIpc) is 2.44. The lowest BCUT2D eigenvalue weighted by Gasteiger charge is -2.18. The number of carbonyl (C=O) groups excluding carboxylic acids is 1. The van der Waals surface area contributed by atoms with Gasteiger partial charge in [0.2, 0.25) is 0 Å². The van der Waals surface area contributed by atoms with Gasteiger partial charge in [0.05, 0.1) is 10.9 Å². The van der Waals surface area contributed by atoms with Gasteiger partial charge in [-0.05, 0) is 17.5 Å². The topological polar surface area (TPSA) is 86.9 Å². The fourth-order valence-electron chi connectivity index (χ4n) is 1.96. The Hall–Kier alpha value is -2.37. The van der Waals surface area contributed by atoms with Crippen molar-refractivity contribution in [3.8, 4) is 0 Å². The first-order valence-electron chi connectivity index (χ1n) is 7.35. The van der Waals surface area contributed by atoms with E-state index in [0.29, 0.717) is 36.2 Å². The summed E-state index contributed by atoms with van der Waals surface area (Å²) in [4.78, 5) is 30.7. The number of nitrogens with one attached hydrogen (secondary N) is 3. The van der Waals surface area contributed by atoms with Gasteiger partial charge in [0.15, 0.2) is 0 Å². The Balaban J connectivity index is 1.90. The van der Waals surface area contributed by atoms with E-state index in [1.165, 1.54) is 0 Å². The van der Waals surface area contributed by atoms with Crippen LogP contribution in [0.25, 0.3) is 10.9 Å². The summed E-state index contributed by atoms with van der Waals surface area (Å²) in [5.74, 6) is 0.569. The molecule has 0 bridgehead atoms. The third kappa shape index (κ3) is 4.58. The van der Waals surface area contributed by atoms with Gasteiger partial charge in [-0.3, -0.25) is 4.79 Å². The van der Waals surface area contributed by atoms with Gasteiger partial charge < -0.3 is 15.6 Å². The van der Waals surface area contributed by atoms with Crippen LogP contribution in [0.4, 0.5) is 4.79 Å². The quantitative estimate of drug-likeness (QED) is 0.805. The highest BCUT2D eigenvalue weighted by Gasteiger charge is 2.11. The maximum atomic E-state index is 11.9. The van der Waals surface area contributed by atoms with Gasteiger partial charge in [0.25, 0.3) is 5.56 Å². The zero-order chi connectivity index (χ0) is 16.2. The van der Waals surface area contributed by atoms with Gasteiger partial charge in [-0.15, -0.1) is 0 Å². The highest BCUT2D eigenvalue weighted by atomic mass is 16.2. The summed E-state index contributed by atoms with van der Waals surface area (Å²) < 4.78 is 0. The number of para-hydroxylation sites is 1. The number of hydrogen-bond donors (Lipinski definition) is 3. The van der Waals surface area contributed by atoms with Crippen molar-refractivity contribution < 1.29 is 4.79 Å². The molecule has 0 saturated heterocycles. The number of fused-ring (bicyclic) bond motifs is 1. The van der Waals surface area contributed by atoms with E-state index in [4.69, 9.17) is 0 Å². The van der Waals surface area contributed by atoms with Gasteiger partial charge in [-0.2, -0.15) is 0 Å². The van der Waals surface area contributed by atoms with Crippen LogP contribution in [0.15, 0.2) is 29.1 Å². The fourth-order valence-corrected chi connectivity index (χ4v) is 1.96. The molecule has 0 aliphatic carbocycles. The summed E-state index contributed by atoms with van der Waals surface area (Å²) in [5, 5.41) is 6.14. The summed E-state index contributed by atoms with van der Waals surface area (Å²) >= 11 is 0. The molecule has 0 fully saturated rings. The third-order valence-electron chi connectivity index (χ3n) is 3.09. The van der Waals surface area contributed by atoms with E-state index in [2.05, 4.69) is 41.4 Å². The lowest BCUT2D eigenvalue weighted by Crippen LogP contribution is -2.40. The highest BCUT2D eigenvalue weighted by Crippen LogP contribution is 2.09. The molecule has 3 N–H and O–H groups in total. The average molecular weight is 302 g/mol. The van der Waals surface area contributed by atoms with E-state index in [-0.39, 0.29) is 17.0 Å². The molecule has 0 spiro atoms. The molecule has 1 heterocycles. The van der Waals surface area contributed by atoms with Gasteiger partial charge in [0, 0.05) is 19.5 Å². The molecule has 0 aliphatic heterocycles. The molecule has 1 aromatic carbocycles. The van der Waals surface area contributed by atoms with E-state index < -0.39 is 0 Å². The zero-order valence-corrected chi connectivity index (χ0v) is 13.2. The highest BCUT2D eigenvalue weighted by molar-refractivity contribution is 5.77. The molecule has 0 saturated carbocycles. The van der Waals surface area contributed by atoms with Crippen molar-refractivity contribution in [3.63, 3.8) is 0 Å². The van der Waals surface area contributed by atoms with Crippen LogP contribution >= 0.6 is 0 Å². The van der Waals surface area contributed by atoms with E-state index in [1.54, 1.807) is 18.2 Å². The molecule has 0 radical (unpaired) electrons. The summed E-state index contributed by atoms with van der Waals surface area (Å²) in [6.07, 6.45) is 0.475. The standard InChI is InChI=1S/C16H22N4O2/c1-16(2,3)10-18-15(22)17-9-8-13-19-12-7-5-4-6-11(12)14(21)20-13/h4-7H,8-10H2,1-3H3,(H2,17,18,22)(H,19,20,21). The van der Waals surface area contributed by atoms with Crippen LogP contribution in [0.2, 0.25) is 0 Å². The van der Waals surface area contributed by atoms with Crippen molar-refractivity contribution in [1.82, 2.24) is 20.6 Å². The van der Waals surface area contributed by atoms with Gasteiger partial charge in [-0.25, -0.2) is 9.78 Å². The molecule has 118 valence electrons. The minimum Gasteiger partial charge on any atom is -0.338 e. The van der Waals surface area contributed by atoms with Crippen LogP contribution in [-0.4, -0.2) is 29.1 Å². The first-order chi connectivity index (χ1) is 10.3. The van der Waals surface area contributed by atoms with E-state index in [1.807, 2.05) is 6.07 Å². The van der Waals surface area contributed by atoms with Crippen LogP contribution in [-0.2, 0) is 6.42 Å². The molecule has 2 rings (SSSR count). The third-order valence-corrected chi connectivity index (χ3v) is 3.09. The Morgan fingerprint density at radius 1 is 1.23 bits per heavy atom. The number of aromatic amines is 1. The summed E-state index contributed by atoms with van der Waals surface area (Å²) in [7, 11) is 0. The SMILES string of the molecule is CC(C)(C)CNC(=O)NCCc1nc2ccccc2c(=O)[nH]1. The van der Waals surface area contributed by atoms with Crippen LogP contribution in [0, 0.1) is 5.41 Å². The number of H-pyrrole nitrogens is 1. The number of carbonyl (C=O) groups is 1. The number of benzene rings is 1. The molecule has 0 aliphatic rings. The second-order valence-corrected chi connectivity index (χ2v) is 6.45. The molecular weight excluding hydrogens is 280 g/mol. The Morgan fingerprint density at radius 2 is 1.95 bits per heavy atom. The second kappa shape index (κ2) is 6.60. The fraction of sp³-hybridized carbons (Fsp3) is 0.438. The number of rotatable bonds is 4. The predicted molar refractivity (Wildman–Crippen MR) is 86.9 cm³/mol.